The molecule has 1 unspecified atom stereocenters. The summed E-state index contributed by atoms with van der Waals surface area (Å²) in [6, 6.07) is 0. The molecule has 0 spiro atoms. The lowest BCUT2D eigenvalue weighted by Gasteiger charge is -2.04. The van der Waals surface area contributed by atoms with Gasteiger partial charge in [-0.25, -0.2) is 0 Å². The van der Waals surface area contributed by atoms with Crippen LogP contribution in [0, 0.1) is 0 Å². The second-order valence-electron chi connectivity index (χ2n) is 6.50. The van der Waals surface area contributed by atoms with E-state index in [0.29, 0.717) is 6.54 Å². The van der Waals surface area contributed by atoms with Gasteiger partial charge in [0, 0.05) is 6.54 Å². The van der Waals surface area contributed by atoms with Crippen LogP contribution in [0.25, 0.3) is 0 Å². The van der Waals surface area contributed by atoms with Crippen LogP contribution in [0.4, 0.5) is 0 Å². The van der Waals surface area contributed by atoms with E-state index in [-0.39, 0.29) is 0 Å². The zero-order valence-corrected chi connectivity index (χ0v) is 16.0. The third-order valence-electron chi connectivity index (χ3n) is 4.26. The minimum atomic E-state index is -2.20. The first-order valence-corrected chi connectivity index (χ1v) is 10.8. The van der Waals surface area contributed by atoms with E-state index in [9.17, 15) is 4.21 Å². The Morgan fingerprint density at radius 2 is 1.04 bits per heavy atom. The first-order valence-electron chi connectivity index (χ1n) is 9.78. The van der Waals surface area contributed by atoms with Crippen LogP contribution in [0.1, 0.15) is 110 Å². The minimum absolute atomic E-state index is 0.644. The molecule has 1 atom stereocenters. The van der Waals surface area contributed by atoms with Crippen LogP contribution in [0.5, 0.6) is 0 Å². The van der Waals surface area contributed by atoms with Crippen LogP contribution in [-0.4, -0.2) is 15.3 Å². The lowest BCUT2D eigenvalue weighted by atomic mass is 10.0. The van der Waals surface area contributed by atoms with Gasteiger partial charge in [-0.2, -0.15) is 14.0 Å². The Hall–Kier alpha value is 0.0300. The second-order valence-corrected chi connectivity index (χ2v) is 7.10. The summed E-state index contributed by atoms with van der Waals surface area (Å²) in [5, 5.41) is 0. The Labute approximate surface area is 146 Å². The fourth-order valence-electron chi connectivity index (χ4n) is 2.84. The highest BCUT2D eigenvalue weighted by Gasteiger charge is 1.95. The van der Waals surface area contributed by atoms with Gasteiger partial charge < -0.3 is 0 Å². The van der Waals surface area contributed by atoms with Crippen LogP contribution in [0.15, 0.2) is 0 Å². The number of hydroxylamine groups is 1. The van der Waals surface area contributed by atoms with E-state index in [1.807, 2.05) is 0 Å². The average Bonchev–Trinajstić information content (AvgIpc) is 2.53. The number of hydrogen-bond acceptors (Lipinski definition) is 3. The van der Waals surface area contributed by atoms with Crippen molar-refractivity contribution in [2.75, 3.05) is 6.54 Å². The minimum Gasteiger partial charge on any atom is -0.283 e. The van der Waals surface area contributed by atoms with Crippen LogP contribution >= 0.6 is 0 Å². The third kappa shape index (κ3) is 22.0. The fraction of sp³-hybridized carbons (Fsp3) is 1.00. The van der Waals surface area contributed by atoms with Crippen molar-refractivity contribution in [1.29, 1.82) is 0 Å². The first-order chi connectivity index (χ1) is 11.3. The van der Waals surface area contributed by atoms with E-state index in [4.69, 9.17) is 4.55 Å². The van der Waals surface area contributed by atoms with Gasteiger partial charge in [0.1, 0.15) is 0 Å². The molecule has 4 nitrogen and oxygen atoms in total. The maximum atomic E-state index is 10.2. The van der Waals surface area contributed by atoms with Crippen molar-refractivity contribution in [3.8, 4) is 0 Å². The second kappa shape index (κ2) is 20.1. The predicted molar refractivity (Wildman–Crippen MR) is 99.4 cm³/mol. The molecule has 0 aromatic rings. The molecule has 0 aromatic carbocycles. The van der Waals surface area contributed by atoms with Gasteiger partial charge in [0.15, 0.2) is 0 Å². The molecule has 0 amide bonds. The van der Waals surface area contributed by atoms with Crippen molar-refractivity contribution in [2.24, 2.45) is 0 Å². The van der Waals surface area contributed by atoms with Gasteiger partial charge in [0.2, 0.25) is 0 Å². The number of hydrogen-bond donors (Lipinski definition) is 2. The van der Waals surface area contributed by atoms with Crippen LogP contribution < -0.4 is 5.48 Å². The summed E-state index contributed by atoms with van der Waals surface area (Å²) in [5.41, 5.74) is 2.48. The van der Waals surface area contributed by atoms with Gasteiger partial charge in [0.25, 0.3) is 0 Å². The number of rotatable bonds is 19. The van der Waals surface area contributed by atoms with Gasteiger partial charge in [-0.15, -0.1) is 0 Å². The summed E-state index contributed by atoms with van der Waals surface area (Å²) >= 11 is -2.20. The Balaban J connectivity index is 2.96. The smallest absolute Gasteiger partial charge is 0.283 e. The molecule has 0 rings (SSSR count). The van der Waals surface area contributed by atoms with Crippen molar-refractivity contribution in [1.82, 2.24) is 5.48 Å². The molecule has 140 valence electrons. The van der Waals surface area contributed by atoms with E-state index in [0.717, 1.165) is 12.8 Å². The monoisotopic (exact) mass is 349 g/mol. The summed E-state index contributed by atoms with van der Waals surface area (Å²) < 4.78 is 22.9. The predicted octanol–water partition coefficient (Wildman–Crippen LogP) is 5.91. The summed E-state index contributed by atoms with van der Waals surface area (Å²) in [6.45, 7) is 2.92. The molecule has 0 bridgehead atoms. The molecule has 2 N–H and O–H groups in total. The standard InChI is InChI=1S/C18H39NO3S/c1-2-3-4-5-6-7-8-9-10-11-12-13-14-15-16-17-18-19-22-23(20)21/h19H,2-18H2,1H3,(H,20,21). The molecule has 0 aliphatic rings. The molecule has 0 aromatic heterocycles. The van der Waals surface area contributed by atoms with Crippen molar-refractivity contribution in [3.63, 3.8) is 0 Å². The SMILES string of the molecule is CCCCCCCCCCCCCCCCCCNOS(=O)O. The zero-order chi connectivity index (χ0) is 17.0. The highest BCUT2D eigenvalue weighted by Crippen LogP contribution is 2.13. The largest absolute Gasteiger partial charge is 0.319 e. The van der Waals surface area contributed by atoms with Gasteiger partial charge >= 0.3 is 11.4 Å². The van der Waals surface area contributed by atoms with Crippen LogP contribution in [-0.2, 0) is 15.6 Å². The third-order valence-corrected chi connectivity index (χ3v) is 4.52. The first kappa shape index (κ1) is 23.0. The molecule has 0 radical (unpaired) electrons. The van der Waals surface area contributed by atoms with Crippen molar-refractivity contribution < 1.29 is 13.0 Å². The lowest BCUT2D eigenvalue weighted by molar-refractivity contribution is 0.196. The van der Waals surface area contributed by atoms with Crippen LogP contribution in [0.3, 0.4) is 0 Å². The zero-order valence-electron chi connectivity index (χ0n) is 15.2. The van der Waals surface area contributed by atoms with E-state index in [1.54, 1.807) is 0 Å². The highest BCUT2D eigenvalue weighted by molar-refractivity contribution is 7.74. The summed E-state index contributed by atoms with van der Waals surface area (Å²) in [5.74, 6) is 0. The Morgan fingerprint density at radius 3 is 1.39 bits per heavy atom. The Bertz CT molecular complexity index is 252. The molecule has 0 aliphatic carbocycles. The molecule has 5 heteroatoms. The van der Waals surface area contributed by atoms with Gasteiger partial charge in [0.05, 0.1) is 0 Å². The van der Waals surface area contributed by atoms with Gasteiger partial charge in [-0.3, -0.25) is 4.55 Å². The highest BCUT2D eigenvalue weighted by atomic mass is 32.2. The van der Waals surface area contributed by atoms with Crippen molar-refractivity contribution >= 4 is 11.4 Å². The summed E-state index contributed by atoms with van der Waals surface area (Å²) in [6.07, 6.45) is 21.6. The summed E-state index contributed by atoms with van der Waals surface area (Å²) in [4.78, 5) is 0. The van der Waals surface area contributed by atoms with Gasteiger partial charge in [-0.1, -0.05) is 103 Å². The van der Waals surface area contributed by atoms with Gasteiger partial charge in [-0.05, 0) is 6.42 Å². The van der Waals surface area contributed by atoms with E-state index >= 15 is 0 Å². The topological polar surface area (TPSA) is 58.6 Å². The van der Waals surface area contributed by atoms with Crippen LogP contribution in [0.2, 0.25) is 0 Å². The maximum Gasteiger partial charge on any atom is 0.319 e. The normalized spacial score (nSPS) is 12.6. The Kier molecular flexibility index (Phi) is 20.1. The quantitative estimate of drug-likeness (QED) is 0.173. The molecule has 0 fully saturated rings. The van der Waals surface area contributed by atoms with E-state index in [1.165, 1.54) is 89.9 Å². The Morgan fingerprint density at radius 1 is 0.696 bits per heavy atom. The maximum absolute atomic E-state index is 10.2. The summed E-state index contributed by atoms with van der Waals surface area (Å²) in [7, 11) is 0. The number of nitrogens with one attached hydrogen (secondary N) is 1. The molecule has 0 saturated carbocycles. The fourth-order valence-corrected chi connectivity index (χ4v) is 3.02. The molecule has 23 heavy (non-hydrogen) atoms. The lowest BCUT2D eigenvalue weighted by Crippen LogP contribution is -2.17. The van der Waals surface area contributed by atoms with Crippen molar-refractivity contribution in [2.45, 2.75) is 110 Å². The van der Waals surface area contributed by atoms with E-state index in [2.05, 4.69) is 16.7 Å². The van der Waals surface area contributed by atoms with Crippen molar-refractivity contribution in [3.05, 3.63) is 0 Å². The molecular formula is C18H39NO3S. The molecular weight excluding hydrogens is 310 g/mol. The molecule has 0 saturated heterocycles. The molecule has 0 heterocycles. The average molecular weight is 350 g/mol. The number of unbranched alkanes of at least 4 members (excludes halogenated alkanes) is 15. The molecule has 0 aliphatic heterocycles. The van der Waals surface area contributed by atoms with E-state index < -0.39 is 11.4 Å².